The number of aromatic nitrogens is 2. The van der Waals surface area contributed by atoms with E-state index in [1.165, 1.54) is 6.42 Å². The van der Waals surface area contributed by atoms with Gasteiger partial charge in [0.05, 0.1) is 24.0 Å². The minimum Gasteiger partial charge on any atom is -0.487 e. The number of amides is 2. The van der Waals surface area contributed by atoms with Crippen molar-refractivity contribution in [1.29, 1.82) is 0 Å². The van der Waals surface area contributed by atoms with Crippen molar-refractivity contribution in [2.75, 3.05) is 19.6 Å². The zero-order valence-corrected chi connectivity index (χ0v) is 15.6. The fourth-order valence-corrected chi connectivity index (χ4v) is 3.32. The Bertz CT molecular complexity index is 771. The van der Waals surface area contributed by atoms with Crippen LogP contribution in [0.3, 0.4) is 0 Å². The molecule has 0 saturated carbocycles. The predicted octanol–water partition coefficient (Wildman–Crippen LogP) is 2.17. The molecule has 8 heteroatoms. The molecule has 0 spiro atoms. The van der Waals surface area contributed by atoms with E-state index in [9.17, 15) is 9.59 Å². The first kappa shape index (κ1) is 18.3. The fourth-order valence-electron chi connectivity index (χ4n) is 2.77. The van der Waals surface area contributed by atoms with E-state index in [1.807, 2.05) is 11.8 Å². The van der Waals surface area contributed by atoms with E-state index in [0.29, 0.717) is 17.9 Å². The Morgan fingerprint density at radius 3 is 2.77 bits per heavy atom. The first-order valence-electron chi connectivity index (χ1n) is 8.70. The van der Waals surface area contributed by atoms with E-state index in [4.69, 9.17) is 4.74 Å². The zero-order chi connectivity index (χ0) is 18.4. The van der Waals surface area contributed by atoms with Crippen LogP contribution < -0.4 is 10.1 Å². The Morgan fingerprint density at radius 2 is 2.04 bits per heavy atom. The molecule has 3 rings (SSSR count). The summed E-state index contributed by atoms with van der Waals surface area (Å²) in [6.45, 7) is 3.77. The molecule has 2 amide bonds. The summed E-state index contributed by atoms with van der Waals surface area (Å²) >= 11 is 1.15. The highest BCUT2D eigenvalue weighted by Crippen LogP contribution is 2.16. The van der Waals surface area contributed by atoms with Crippen LogP contribution in [0.25, 0.3) is 0 Å². The lowest BCUT2D eigenvalue weighted by Gasteiger charge is -2.26. The van der Waals surface area contributed by atoms with Crippen molar-refractivity contribution in [3.63, 3.8) is 0 Å². The molecule has 26 heavy (non-hydrogen) atoms. The molecule has 0 radical (unpaired) electrons. The van der Waals surface area contributed by atoms with Crippen LogP contribution in [-0.2, 0) is 11.4 Å². The van der Waals surface area contributed by atoms with E-state index in [2.05, 4.69) is 14.1 Å². The van der Waals surface area contributed by atoms with Crippen LogP contribution in [0.5, 0.6) is 5.75 Å². The minimum atomic E-state index is -0.285. The van der Waals surface area contributed by atoms with Gasteiger partial charge < -0.3 is 15.0 Å². The second kappa shape index (κ2) is 8.75. The van der Waals surface area contributed by atoms with Crippen molar-refractivity contribution < 1.29 is 14.3 Å². The van der Waals surface area contributed by atoms with Crippen LogP contribution in [-0.4, -0.2) is 45.1 Å². The second-order valence-corrected chi connectivity index (χ2v) is 6.77. The molecule has 7 nitrogen and oxygen atoms in total. The summed E-state index contributed by atoms with van der Waals surface area (Å²) in [5.41, 5.74) is 2.10. The summed E-state index contributed by atoms with van der Waals surface area (Å²) in [7, 11) is 0. The normalized spacial score (nSPS) is 14.1. The second-order valence-electron chi connectivity index (χ2n) is 6.24. The molecule has 1 aliphatic heterocycles. The smallest absolute Gasteiger partial charge is 0.251 e. The summed E-state index contributed by atoms with van der Waals surface area (Å²) in [6, 6.07) is 6.90. The summed E-state index contributed by atoms with van der Waals surface area (Å²) < 4.78 is 14.0. The van der Waals surface area contributed by atoms with Crippen molar-refractivity contribution in [3.05, 3.63) is 41.2 Å². The van der Waals surface area contributed by atoms with Gasteiger partial charge in [0.25, 0.3) is 5.91 Å². The molecule has 1 aliphatic rings. The molecule has 1 N–H and O–H groups in total. The van der Waals surface area contributed by atoms with Gasteiger partial charge in [0.2, 0.25) is 5.91 Å². The van der Waals surface area contributed by atoms with Crippen molar-refractivity contribution >= 4 is 23.5 Å². The molecule has 0 aliphatic carbocycles. The Labute approximate surface area is 156 Å². The number of ether oxygens (including phenoxy) is 1. The highest BCUT2D eigenvalue weighted by molar-refractivity contribution is 6.99. The zero-order valence-electron chi connectivity index (χ0n) is 14.7. The molecule has 1 aromatic carbocycles. The molecular weight excluding hydrogens is 352 g/mol. The Morgan fingerprint density at radius 1 is 1.23 bits per heavy atom. The maximum atomic E-state index is 12.3. The minimum absolute atomic E-state index is 0.0214. The van der Waals surface area contributed by atoms with Crippen LogP contribution >= 0.6 is 11.7 Å². The number of piperidine rings is 1. The molecule has 1 aromatic heterocycles. The van der Waals surface area contributed by atoms with Crippen molar-refractivity contribution in [1.82, 2.24) is 19.0 Å². The van der Waals surface area contributed by atoms with Gasteiger partial charge in [-0.3, -0.25) is 9.59 Å². The Hall–Kier alpha value is -2.48. The summed E-state index contributed by atoms with van der Waals surface area (Å²) in [6.07, 6.45) is 3.24. The quantitative estimate of drug-likeness (QED) is 0.838. The van der Waals surface area contributed by atoms with E-state index in [1.54, 1.807) is 24.3 Å². The molecule has 1 fully saturated rings. The third-order valence-electron chi connectivity index (χ3n) is 4.33. The van der Waals surface area contributed by atoms with E-state index < -0.39 is 0 Å². The fraction of sp³-hybridized carbons (Fsp3) is 0.444. The lowest BCUT2D eigenvalue weighted by molar-refractivity contribution is -0.130. The number of likely N-dealkylation sites (tertiary alicyclic amines) is 1. The maximum absolute atomic E-state index is 12.3. The van der Waals surface area contributed by atoms with Crippen LogP contribution in [0.15, 0.2) is 24.3 Å². The van der Waals surface area contributed by atoms with Crippen molar-refractivity contribution in [3.8, 4) is 5.75 Å². The first-order chi connectivity index (χ1) is 12.6. The third kappa shape index (κ3) is 4.78. The highest BCUT2D eigenvalue weighted by atomic mass is 32.1. The van der Waals surface area contributed by atoms with Gasteiger partial charge in [0, 0.05) is 18.7 Å². The number of nitrogens with one attached hydrogen (secondary N) is 1. The van der Waals surface area contributed by atoms with Crippen LogP contribution in [0, 0.1) is 6.92 Å². The molecule has 2 heterocycles. The number of carbonyl (C=O) groups excluding carboxylic acids is 2. The van der Waals surface area contributed by atoms with E-state index in [0.717, 1.165) is 49.0 Å². The summed E-state index contributed by atoms with van der Waals surface area (Å²) in [4.78, 5) is 26.3. The van der Waals surface area contributed by atoms with Gasteiger partial charge in [0.1, 0.15) is 18.1 Å². The van der Waals surface area contributed by atoms with Gasteiger partial charge in [-0.25, -0.2) is 0 Å². The van der Waals surface area contributed by atoms with Gasteiger partial charge >= 0.3 is 0 Å². The van der Waals surface area contributed by atoms with Crippen LogP contribution in [0.2, 0.25) is 0 Å². The van der Waals surface area contributed by atoms with Crippen LogP contribution in [0.4, 0.5) is 0 Å². The van der Waals surface area contributed by atoms with Crippen molar-refractivity contribution in [2.24, 2.45) is 0 Å². The number of carbonyl (C=O) groups is 2. The van der Waals surface area contributed by atoms with E-state index in [-0.39, 0.29) is 18.4 Å². The summed E-state index contributed by atoms with van der Waals surface area (Å²) in [5.74, 6) is 0.261. The number of benzene rings is 1. The average molecular weight is 374 g/mol. The number of hydrogen-bond donors (Lipinski definition) is 1. The van der Waals surface area contributed by atoms with Gasteiger partial charge in [0.15, 0.2) is 0 Å². The largest absolute Gasteiger partial charge is 0.487 e. The first-order valence-corrected chi connectivity index (χ1v) is 9.43. The van der Waals surface area contributed by atoms with Gasteiger partial charge in [-0.15, -0.1) is 0 Å². The van der Waals surface area contributed by atoms with E-state index >= 15 is 0 Å². The average Bonchev–Trinajstić information content (AvgIpc) is 3.10. The van der Waals surface area contributed by atoms with Crippen molar-refractivity contribution in [2.45, 2.75) is 32.8 Å². The Balaban J connectivity index is 1.52. The number of aryl methyl sites for hydroxylation is 1. The molecule has 1 saturated heterocycles. The number of rotatable bonds is 6. The predicted molar refractivity (Wildman–Crippen MR) is 98.2 cm³/mol. The third-order valence-corrected chi connectivity index (χ3v) is 4.98. The highest BCUT2D eigenvalue weighted by Gasteiger charge is 2.17. The van der Waals surface area contributed by atoms with Gasteiger partial charge in [-0.05, 0) is 44.4 Å². The molecule has 0 unspecified atom stereocenters. The monoisotopic (exact) mass is 374 g/mol. The molecule has 0 atom stereocenters. The number of nitrogens with zero attached hydrogens (tertiary/aromatic N) is 3. The lowest BCUT2D eigenvalue weighted by Crippen LogP contribution is -2.42. The van der Waals surface area contributed by atoms with Crippen LogP contribution in [0.1, 0.15) is 41.0 Å². The molecular formula is C18H22N4O3S. The standard InChI is InChI=1S/C18H22N4O3S/c1-13-16(21-26-20-13)12-25-15-7-5-6-14(10-15)18(24)19-11-17(23)22-8-3-2-4-9-22/h5-7,10H,2-4,8-9,11-12H2,1H3,(H,19,24). The molecule has 2 aromatic rings. The molecule has 138 valence electrons. The van der Waals surface area contributed by atoms with Gasteiger partial charge in [-0.1, -0.05) is 6.07 Å². The van der Waals surface area contributed by atoms with Gasteiger partial charge in [-0.2, -0.15) is 8.75 Å². The summed E-state index contributed by atoms with van der Waals surface area (Å²) in [5, 5.41) is 2.70. The molecule has 0 bridgehead atoms. The number of hydrogen-bond acceptors (Lipinski definition) is 6. The Kier molecular flexibility index (Phi) is 6.17. The lowest BCUT2D eigenvalue weighted by atomic mass is 10.1. The maximum Gasteiger partial charge on any atom is 0.251 e. The topological polar surface area (TPSA) is 84.4 Å². The SMILES string of the molecule is Cc1nsnc1COc1cccc(C(=O)NCC(=O)N2CCCCC2)c1.